The van der Waals surface area contributed by atoms with Gasteiger partial charge in [-0.1, -0.05) is 24.8 Å². The first kappa shape index (κ1) is 20.7. The average Bonchev–Trinajstić information content (AvgIpc) is 2.36. The van der Waals surface area contributed by atoms with E-state index in [9.17, 15) is 0 Å². The maximum atomic E-state index is 3.95. The lowest BCUT2D eigenvalue weighted by Gasteiger charge is -2.50. The van der Waals surface area contributed by atoms with Crippen LogP contribution in [0.5, 0.6) is 0 Å². The highest BCUT2D eigenvalue weighted by Crippen LogP contribution is 2.36. The predicted octanol–water partition coefficient (Wildman–Crippen LogP) is 1.50. The van der Waals surface area contributed by atoms with Gasteiger partial charge in [0.15, 0.2) is 0 Å². The number of hydrogen-bond acceptors (Lipinski definition) is 0. The third kappa shape index (κ3) is 5.12. The molecule has 1 unspecified atom stereocenters. The minimum atomic E-state index is 0. The first-order valence-corrected chi connectivity index (χ1v) is 6.84. The summed E-state index contributed by atoms with van der Waals surface area (Å²) in [5, 5.41) is 0. The highest BCUT2D eigenvalue weighted by atomic mass is 79.9. The van der Waals surface area contributed by atoms with Gasteiger partial charge in [0.05, 0.1) is 20.1 Å². The lowest BCUT2D eigenvalue weighted by atomic mass is 9.82. The number of nitrogens with zero attached hydrogens (tertiary/aromatic N) is 1. The number of quaternary nitrogens is 1. The average molecular weight is 328 g/mol. The molecule has 2 heteroatoms. The Hall–Kier alpha value is -0.600. The minimum Gasteiger partial charge on any atom is -1.00 e. The Morgan fingerprint density at radius 1 is 0.947 bits per heavy atom. The summed E-state index contributed by atoms with van der Waals surface area (Å²) >= 11 is 0. The number of halogens is 1. The summed E-state index contributed by atoms with van der Waals surface area (Å²) < 4.78 is 0.988. The highest BCUT2D eigenvalue weighted by Gasteiger charge is 2.43. The van der Waals surface area contributed by atoms with Crippen LogP contribution in [0.1, 0.15) is 32.6 Å². The zero-order chi connectivity index (χ0) is 14.1. The van der Waals surface area contributed by atoms with Gasteiger partial charge in [-0.05, 0) is 19.4 Å². The number of allylic oxidation sites excluding steroid dienone is 1. The Balaban J connectivity index is 0. The predicted molar refractivity (Wildman–Crippen MR) is 83.6 cm³/mol. The first-order valence-electron chi connectivity index (χ1n) is 6.84. The highest BCUT2D eigenvalue weighted by molar-refractivity contribution is 4.96. The van der Waals surface area contributed by atoms with Gasteiger partial charge in [0.2, 0.25) is 0 Å². The van der Waals surface area contributed by atoms with Gasteiger partial charge in [-0.3, -0.25) is 0 Å². The van der Waals surface area contributed by atoms with Gasteiger partial charge in [0, 0.05) is 19.3 Å². The Labute approximate surface area is 130 Å². The van der Waals surface area contributed by atoms with Crippen molar-refractivity contribution >= 4 is 0 Å². The molecule has 1 atom stereocenters. The van der Waals surface area contributed by atoms with Crippen molar-refractivity contribution in [3.8, 4) is 0 Å². The van der Waals surface area contributed by atoms with Crippen LogP contribution in [0.25, 0.3) is 0 Å². The summed E-state index contributed by atoms with van der Waals surface area (Å²) in [6.07, 6.45) is 12.3. The largest absolute Gasteiger partial charge is 1.00 e. The van der Waals surface area contributed by atoms with Gasteiger partial charge in [0.25, 0.3) is 0 Å². The van der Waals surface area contributed by atoms with Crippen LogP contribution in [0.3, 0.4) is 0 Å². The molecule has 0 fully saturated rings. The van der Waals surface area contributed by atoms with Crippen LogP contribution >= 0.6 is 0 Å². The Kier molecular flexibility index (Phi) is 11.1. The summed E-state index contributed by atoms with van der Waals surface area (Å²) in [6, 6.07) is 0. The van der Waals surface area contributed by atoms with E-state index in [4.69, 9.17) is 0 Å². The van der Waals surface area contributed by atoms with Crippen LogP contribution < -0.4 is 17.0 Å². The number of likely N-dealkylation sites (N-methyl/N-ethyl adjacent to an activating group) is 1. The molecule has 1 nitrogen and oxygen atoms in total. The molecule has 0 aliphatic heterocycles. The van der Waals surface area contributed by atoms with Crippen molar-refractivity contribution in [2.45, 2.75) is 38.1 Å². The molecule has 0 N–H and O–H groups in total. The molecule has 0 heterocycles. The van der Waals surface area contributed by atoms with E-state index in [1.54, 1.807) is 0 Å². The Morgan fingerprint density at radius 2 is 1.47 bits per heavy atom. The van der Waals surface area contributed by atoms with Crippen molar-refractivity contribution in [1.82, 2.24) is 0 Å². The number of rotatable bonds is 11. The van der Waals surface area contributed by atoms with Crippen molar-refractivity contribution < 1.29 is 21.5 Å². The molecule has 19 heavy (non-hydrogen) atoms. The lowest BCUT2D eigenvalue weighted by Crippen LogP contribution is -3.00. The normalized spacial score (nSPS) is 13.8. The molecule has 0 aromatic rings. The summed E-state index contributed by atoms with van der Waals surface area (Å²) in [5.41, 5.74) is 0.167. The molecular weight excluding hydrogens is 298 g/mol. The van der Waals surface area contributed by atoms with Crippen molar-refractivity contribution in [1.29, 1.82) is 0 Å². The fourth-order valence-electron chi connectivity index (χ4n) is 2.85. The van der Waals surface area contributed by atoms with Crippen molar-refractivity contribution in [2.24, 2.45) is 0 Å². The van der Waals surface area contributed by atoms with E-state index in [2.05, 4.69) is 40.3 Å². The quantitative estimate of drug-likeness (QED) is 0.398. The van der Waals surface area contributed by atoms with Crippen molar-refractivity contribution in [2.75, 3.05) is 20.1 Å². The molecule has 0 spiro atoms. The summed E-state index contributed by atoms with van der Waals surface area (Å²) in [7, 11) is 2.32. The van der Waals surface area contributed by atoms with Crippen LogP contribution in [-0.4, -0.2) is 30.2 Å². The molecule has 0 aliphatic rings. The molecule has 0 radical (unpaired) electrons. The second-order valence-corrected chi connectivity index (χ2v) is 5.22. The van der Waals surface area contributed by atoms with Crippen molar-refractivity contribution in [3.05, 3.63) is 50.6 Å². The third-order valence-electron chi connectivity index (χ3n) is 4.24. The van der Waals surface area contributed by atoms with Gasteiger partial charge in [0.1, 0.15) is 5.54 Å². The van der Waals surface area contributed by atoms with E-state index in [0.717, 1.165) is 43.3 Å². The van der Waals surface area contributed by atoms with E-state index < -0.39 is 0 Å². The molecule has 0 saturated carbocycles. The molecule has 0 amide bonds. The van der Waals surface area contributed by atoms with Gasteiger partial charge in [-0.25, -0.2) is 0 Å². The molecule has 0 saturated heterocycles. The molecule has 0 aromatic heterocycles. The van der Waals surface area contributed by atoms with E-state index in [1.807, 2.05) is 24.3 Å². The van der Waals surface area contributed by atoms with E-state index >= 15 is 0 Å². The van der Waals surface area contributed by atoms with E-state index in [1.165, 1.54) is 0 Å². The van der Waals surface area contributed by atoms with Crippen LogP contribution in [0.4, 0.5) is 0 Å². The molecule has 0 rings (SSSR count). The second-order valence-electron chi connectivity index (χ2n) is 5.22. The van der Waals surface area contributed by atoms with Crippen LogP contribution in [0, 0.1) is 0 Å². The monoisotopic (exact) mass is 327 g/mol. The molecule has 0 bridgehead atoms. The fraction of sp³-hybridized carbons (Fsp3) is 0.529. The van der Waals surface area contributed by atoms with Gasteiger partial charge < -0.3 is 21.5 Å². The summed E-state index contributed by atoms with van der Waals surface area (Å²) in [6.45, 7) is 20.0. The van der Waals surface area contributed by atoms with Gasteiger partial charge in [-0.2, -0.15) is 0 Å². The molecule has 0 aliphatic carbocycles. The summed E-state index contributed by atoms with van der Waals surface area (Å²) in [5.74, 6) is 0. The molecular formula is C17H30BrN. The van der Waals surface area contributed by atoms with E-state index in [0.29, 0.717) is 0 Å². The van der Waals surface area contributed by atoms with Gasteiger partial charge >= 0.3 is 0 Å². The fourth-order valence-corrected chi connectivity index (χ4v) is 2.85. The first-order chi connectivity index (χ1) is 8.55. The lowest BCUT2D eigenvalue weighted by molar-refractivity contribution is -0.953. The Morgan fingerprint density at radius 3 is 1.79 bits per heavy atom. The van der Waals surface area contributed by atoms with Crippen LogP contribution in [-0.2, 0) is 0 Å². The number of hydrogen-bond donors (Lipinski definition) is 0. The van der Waals surface area contributed by atoms with Crippen LogP contribution in [0.2, 0.25) is 0 Å². The van der Waals surface area contributed by atoms with Crippen molar-refractivity contribution in [3.63, 3.8) is 0 Å². The zero-order valence-corrected chi connectivity index (χ0v) is 14.3. The standard InChI is InChI=1S/C17H30N.BrH/c1-7-12-15-17(13-8-2,14-9-3)18(6,11-5)16-10-4;/h7-10H,1-4,11-16H2,5-6H3;1H/q+1;/p-1. The SMILES string of the molecule is C=CCCC(CC=C)(CC=C)[N+](C)(CC)CC=C.[Br-]. The second kappa shape index (κ2) is 10.2. The zero-order valence-electron chi connectivity index (χ0n) is 12.7. The smallest absolute Gasteiger partial charge is 0.106 e. The molecule has 110 valence electrons. The van der Waals surface area contributed by atoms with Crippen LogP contribution in [0.15, 0.2) is 50.6 Å². The molecule has 0 aromatic carbocycles. The maximum Gasteiger partial charge on any atom is 0.106 e. The van der Waals surface area contributed by atoms with E-state index in [-0.39, 0.29) is 22.5 Å². The summed E-state index contributed by atoms with van der Waals surface area (Å²) in [4.78, 5) is 0. The topological polar surface area (TPSA) is 0 Å². The maximum absolute atomic E-state index is 3.95. The van der Waals surface area contributed by atoms with Gasteiger partial charge in [-0.15, -0.1) is 19.7 Å². The minimum absolute atomic E-state index is 0. The third-order valence-corrected chi connectivity index (χ3v) is 4.24. The Bertz CT molecular complexity index is 286.